The molecule has 1 aromatic carbocycles. The van der Waals surface area contributed by atoms with Crippen molar-refractivity contribution in [3.63, 3.8) is 0 Å². The van der Waals surface area contributed by atoms with Gasteiger partial charge < -0.3 is 9.84 Å². The van der Waals surface area contributed by atoms with Crippen LogP contribution in [0.2, 0.25) is 0 Å². The van der Waals surface area contributed by atoms with Gasteiger partial charge in [-0.05, 0) is 30.7 Å². The number of amides is 2. The molecule has 2 fully saturated rings. The van der Waals surface area contributed by atoms with Gasteiger partial charge in [-0.2, -0.15) is 30.6 Å². The van der Waals surface area contributed by atoms with E-state index in [4.69, 9.17) is 14.6 Å². The second kappa shape index (κ2) is 11.9. The molecule has 18 heteroatoms. The van der Waals surface area contributed by atoms with Crippen LogP contribution in [-0.4, -0.2) is 91.5 Å². The van der Waals surface area contributed by atoms with Crippen molar-refractivity contribution in [2.45, 2.75) is 49.1 Å². The summed E-state index contributed by atoms with van der Waals surface area (Å²) in [4.78, 5) is 47.9. The molecular formula is C23H27F6N3O8S. The number of benzene rings is 1. The molecule has 2 saturated heterocycles. The van der Waals surface area contributed by atoms with E-state index in [-0.39, 0.29) is 24.4 Å². The minimum Gasteiger partial charge on any atom is -0.475 e. The average molecular weight is 620 g/mol. The Bertz CT molecular complexity index is 1290. The second-order valence-corrected chi connectivity index (χ2v) is 11.0. The van der Waals surface area contributed by atoms with E-state index in [0.717, 1.165) is 28.4 Å². The van der Waals surface area contributed by atoms with E-state index < -0.39 is 75.1 Å². The number of methoxy groups -OCH3 is 1. The van der Waals surface area contributed by atoms with E-state index in [1.54, 1.807) is 6.92 Å². The van der Waals surface area contributed by atoms with Crippen LogP contribution < -0.4 is 5.32 Å². The second-order valence-electron chi connectivity index (χ2n) is 9.09. The fraction of sp³-hybridized carbons (Fsp3) is 0.565. The van der Waals surface area contributed by atoms with E-state index in [0.29, 0.717) is 12.1 Å². The molecule has 2 aliphatic heterocycles. The maximum Gasteiger partial charge on any atom is 0.490 e. The number of esters is 1. The van der Waals surface area contributed by atoms with E-state index in [9.17, 15) is 49.1 Å². The van der Waals surface area contributed by atoms with Crippen LogP contribution in [0.1, 0.15) is 25.8 Å². The maximum absolute atomic E-state index is 13.2. The zero-order valence-corrected chi connectivity index (χ0v) is 22.9. The summed E-state index contributed by atoms with van der Waals surface area (Å²) in [7, 11) is -1.79. The van der Waals surface area contributed by atoms with Gasteiger partial charge in [0.2, 0.25) is 21.8 Å². The van der Waals surface area contributed by atoms with Gasteiger partial charge in [0.1, 0.15) is 5.54 Å². The number of halogens is 6. The normalized spacial score (nSPS) is 24.7. The lowest BCUT2D eigenvalue weighted by Crippen LogP contribution is -2.58. The number of carboxylic acids is 1. The van der Waals surface area contributed by atoms with Crippen LogP contribution in [-0.2, 0) is 40.1 Å². The molecule has 3 rings (SSSR count). The van der Waals surface area contributed by atoms with Gasteiger partial charge in [-0.3, -0.25) is 24.6 Å². The number of alkyl halides is 6. The fourth-order valence-electron chi connectivity index (χ4n) is 4.84. The molecule has 0 aliphatic carbocycles. The smallest absolute Gasteiger partial charge is 0.475 e. The summed E-state index contributed by atoms with van der Waals surface area (Å²) in [5, 5.41) is 10.1. The van der Waals surface area contributed by atoms with Gasteiger partial charge in [0.05, 0.1) is 29.4 Å². The molecule has 2 heterocycles. The average Bonchev–Trinajstić information content (AvgIpc) is 3.34. The summed E-state index contributed by atoms with van der Waals surface area (Å²) in [5.74, 6) is -6.68. The molecule has 0 spiro atoms. The molecule has 0 unspecified atom stereocenters. The van der Waals surface area contributed by atoms with E-state index in [1.807, 2.05) is 0 Å². The summed E-state index contributed by atoms with van der Waals surface area (Å²) in [6, 6.07) is 2.19. The van der Waals surface area contributed by atoms with Gasteiger partial charge in [0.25, 0.3) is 0 Å². The monoisotopic (exact) mass is 619 g/mol. The molecule has 0 aromatic heterocycles. The molecule has 2 aliphatic rings. The Balaban J connectivity index is 0.000000745. The van der Waals surface area contributed by atoms with Crippen molar-refractivity contribution in [1.29, 1.82) is 0 Å². The molecule has 2 amide bonds. The van der Waals surface area contributed by atoms with Gasteiger partial charge in [0, 0.05) is 26.2 Å². The number of rotatable bonds is 7. The van der Waals surface area contributed by atoms with Crippen LogP contribution in [0, 0.1) is 11.8 Å². The number of ether oxygens (including phenoxy) is 1. The molecular weight excluding hydrogens is 592 g/mol. The molecule has 230 valence electrons. The van der Waals surface area contributed by atoms with E-state index >= 15 is 0 Å². The number of likely N-dealkylation sites (N-methyl/N-ethyl adjacent to an activating group) is 1. The highest BCUT2D eigenvalue weighted by Gasteiger charge is 2.67. The largest absolute Gasteiger partial charge is 0.490 e. The Hall–Kier alpha value is -3.25. The standard InChI is InChI=1S/C21H26F3N3O6S.C2HF3O2/c1-5-20(19(30)33-4)16-15(17(28)26(3)18(16)29)14(25-20)11-27(6-2)34(31,32)13-9-7-12(8-10-13)21(22,23)24;3-2(4,5)1(6)7/h7-10,14-16,25H,5-6,11H2,1-4H3;(H,6,7)/t14-,15+,16-,20-;/m1./s1. The number of hydrogen-bond donors (Lipinski definition) is 2. The summed E-state index contributed by atoms with van der Waals surface area (Å²) < 4.78 is 103. The summed E-state index contributed by atoms with van der Waals surface area (Å²) in [5.41, 5.74) is -2.50. The van der Waals surface area contributed by atoms with Gasteiger partial charge in [0.15, 0.2) is 0 Å². The summed E-state index contributed by atoms with van der Waals surface area (Å²) >= 11 is 0. The first-order chi connectivity index (χ1) is 18.7. The zero-order chi connectivity index (χ0) is 31.7. The number of aliphatic carboxylic acids is 1. The quantitative estimate of drug-likeness (QED) is 0.265. The third-order valence-electron chi connectivity index (χ3n) is 6.90. The lowest BCUT2D eigenvalue weighted by molar-refractivity contribution is -0.192. The predicted octanol–water partition coefficient (Wildman–Crippen LogP) is 1.87. The number of likely N-dealkylation sites (tertiary alicyclic amines) is 1. The Morgan fingerprint density at radius 2 is 1.59 bits per heavy atom. The fourth-order valence-corrected chi connectivity index (χ4v) is 6.32. The van der Waals surface area contributed by atoms with Gasteiger partial charge in [-0.25, -0.2) is 13.2 Å². The maximum atomic E-state index is 13.2. The Labute approximate surface area is 230 Å². The Morgan fingerprint density at radius 3 is 1.98 bits per heavy atom. The number of fused-ring (bicyclic) bond motifs is 1. The van der Waals surface area contributed by atoms with Crippen LogP contribution in [0.4, 0.5) is 26.3 Å². The zero-order valence-electron chi connectivity index (χ0n) is 22.0. The number of carboxylic acid groups (broad SMARTS) is 1. The molecule has 0 bridgehead atoms. The SMILES string of the molecule is CCN(C[C@H]1N[C@@](CC)(C(=O)OC)[C@H]2C(=O)N(C)C(=O)[C@@H]12)S(=O)(=O)c1ccc(C(F)(F)F)cc1.O=C(O)C(F)(F)F. The van der Waals surface area contributed by atoms with E-state index in [2.05, 4.69) is 5.32 Å². The minimum atomic E-state index is -5.08. The minimum absolute atomic E-state index is 0.0613. The third-order valence-corrected chi connectivity index (χ3v) is 8.86. The molecule has 2 N–H and O–H groups in total. The Morgan fingerprint density at radius 1 is 1.07 bits per heavy atom. The Kier molecular flexibility index (Phi) is 9.88. The van der Waals surface area contributed by atoms with Gasteiger partial charge in [-0.15, -0.1) is 0 Å². The van der Waals surface area contributed by atoms with Crippen molar-refractivity contribution >= 4 is 33.8 Å². The molecule has 4 atom stereocenters. The van der Waals surface area contributed by atoms with Crippen LogP contribution in [0.5, 0.6) is 0 Å². The first-order valence-electron chi connectivity index (χ1n) is 11.9. The van der Waals surface area contributed by atoms with Crippen LogP contribution in [0.15, 0.2) is 29.2 Å². The summed E-state index contributed by atoms with van der Waals surface area (Å²) in [6.45, 7) is 2.84. The van der Waals surface area contributed by atoms with Crippen molar-refractivity contribution in [2.24, 2.45) is 11.8 Å². The number of imide groups is 1. The van der Waals surface area contributed by atoms with Crippen molar-refractivity contribution in [3.8, 4) is 0 Å². The molecule has 0 radical (unpaired) electrons. The molecule has 1 aromatic rings. The topological polar surface area (TPSA) is 150 Å². The van der Waals surface area contributed by atoms with Crippen LogP contribution in [0.3, 0.4) is 0 Å². The molecule has 0 saturated carbocycles. The highest BCUT2D eigenvalue weighted by atomic mass is 32.2. The highest BCUT2D eigenvalue weighted by molar-refractivity contribution is 7.89. The van der Waals surface area contributed by atoms with Gasteiger partial charge in [-0.1, -0.05) is 13.8 Å². The van der Waals surface area contributed by atoms with Crippen LogP contribution in [0.25, 0.3) is 0 Å². The molecule has 11 nitrogen and oxygen atoms in total. The van der Waals surface area contributed by atoms with Crippen molar-refractivity contribution in [2.75, 3.05) is 27.2 Å². The number of nitrogens with zero attached hydrogens (tertiary/aromatic N) is 2. The lowest BCUT2D eigenvalue weighted by Gasteiger charge is -2.31. The summed E-state index contributed by atoms with van der Waals surface area (Å²) in [6.07, 6.45) is -9.59. The van der Waals surface area contributed by atoms with Crippen molar-refractivity contribution in [3.05, 3.63) is 29.8 Å². The number of nitrogens with one attached hydrogen (secondary N) is 1. The number of carbonyl (C=O) groups excluding carboxylic acids is 3. The molecule has 41 heavy (non-hydrogen) atoms. The first-order valence-corrected chi connectivity index (χ1v) is 13.3. The number of carbonyl (C=O) groups is 4. The number of hydrogen-bond acceptors (Lipinski definition) is 8. The highest BCUT2D eigenvalue weighted by Crippen LogP contribution is 2.45. The van der Waals surface area contributed by atoms with Gasteiger partial charge >= 0.3 is 24.3 Å². The third kappa shape index (κ3) is 6.48. The van der Waals surface area contributed by atoms with Crippen molar-refractivity contribution in [1.82, 2.24) is 14.5 Å². The lowest BCUT2D eigenvalue weighted by atomic mass is 9.78. The predicted molar refractivity (Wildman–Crippen MR) is 126 cm³/mol. The van der Waals surface area contributed by atoms with Crippen LogP contribution >= 0.6 is 0 Å². The first kappa shape index (κ1) is 34.0. The van der Waals surface area contributed by atoms with Crippen molar-refractivity contribution < 1.29 is 63.8 Å². The number of sulfonamides is 1. The van der Waals surface area contributed by atoms with E-state index in [1.165, 1.54) is 14.0 Å².